The number of ether oxygens (including phenoxy) is 3. The first-order chi connectivity index (χ1) is 15.5. The van der Waals surface area contributed by atoms with Gasteiger partial charge in [0.2, 0.25) is 5.75 Å². The molecule has 2 saturated heterocycles. The fourth-order valence-electron chi connectivity index (χ4n) is 4.77. The minimum atomic E-state index is -0.214. The zero-order valence-electron chi connectivity index (χ0n) is 18.8. The maximum absolute atomic E-state index is 14.2. The first-order valence-electron chi connectivity index (χ1n) is 10.8. The Morgan fingerprint density at radius 3 is 2.28 bits per heavy atom. The third kappa shape index (κ3) is 4.12. The molecule has 2 aromatic rings. The van der Waals surface area contributed by atoms with E-state index in [0.29, 0.717) is 48.0 Å². The highest BCUT2D eigenvalue weighted by atomic mass is 19.1. The maximum atomic E-state index is 14.2. The van der Waals surface area contributed by atoms with Gasteiger partial charge < -0.3 is 19.1 Å². The van der Waals surface area contributed by atoms with Crippen molar-refractivity contribution in [3.05, 3.63) is 53.3 Å². The molecule has 172 valence electrons. The molecule has 2 heterocycles. The van der Waals surface area contributed by atoms with Crippen LogP contribution in [0.5, 0.6) is 17.2 Å². The van der Waals surface area contributed by atoms with Crippen molar-refractivity contribution in [3.63, 3.8) is 0 Å². The van der Waals surface area contributed by atoms with E-state index in [1.165, 1.54) is 27.4 Å². The van der Waals surface area contributed by atoms with Gasteiger partial charge in [0.05, 0.1) is 27.0 Å². The van der Waals surface area contributed by atoms with E-state index >= 15 is 0 Å². The number of carbonyl (C=O) groups is 1. The number of methoxy groups -OCH3 is 3. The Balaban J connectivity index is 1.47. The van der Waals surface area contributed by atoms with Crippen LogP contribution in [-0.2, 0) is 6.54 Å². The third-order valence-corrected chi connectivity index (χ3v) is 6.55. The second kappa shape index (κ2) is 9.34. The molecule has 2 aromatic carbocycles. The summed E-state index contributed by atoms with van der Waals surface area (Å²) in [5, 5.41) is 3.62. The lowest BCUT2D eigenvalue weighted by Gasteiger charge is -2.45. The first-order valence-corrected chi connectivity index (χ1v) is 10.8. The highest BCUT2D eigenvalue weighted by Crippen LogP contribution is 2.39. The molecule has 2 fully saturated rings. The van der Waals surface area contributed by atoms with E-state index < -0.39 is 0 Å². The number of carbonyl (C=O) groups excluding carboxylic acids is 1. The topological polar surface area (TPSA) is 63.3 Å². The monoisotopic (exact) mass is 443 g/mol. The van der Waals surface area contributed by atoms with Crippen LogP contribution < -0.4 is 19.5 Å². The van der Waals surface area contributed by atoms with Crippen LogP contribution in [0.2, 0.25) is 0 Å². The number of amides is 1. The smallest absolute Gasteiger partial charge is 0.254 e. The number of hydrogen-bond donors (Lipinski definition) is 1. The van der Waals surface area contributed by atoms with Crippen molar-refractivity contribution in [2.45, 2.75) is 25.0 Å². The van der Waals surface area contributed by atoms with Crippen LogP contribution in [0.15, 0.2) is 36.4 Å². The van der Waals surface area contributed by atoms with Gasteiger partial charge >= 0.3 is 0 Å². The van der Waals surface area contributed by atoms with Crippen LogP contribution in [0, 0.1) is 5.82 Å². The predicted molar refractivity (Wildman–Crippen MR) is 119 cm³/mol. The van der Waals surface area contributed by atoms with Crippen molar-refractivity contribution in [3.8, 4) is 17.2 Å². The molecule has 1 N–H and O–H groups in total. The molecule has 0 atom stereocenters. The summed E-state index contributed by atoms with van der Waals surface area (Å²) in [4.78, 5) is 17.4. The van der Waals surface area contributed by atoms with Crippen molar-refractivity contribution in [2.24, 2.45) is 0 Å². The molecule has 2 aliphatic heterocycles. The van der Waals surface area contributed by atoms with E-state index in [0.717, 1.165) is 25.9 Å². The Bertz CT molecular complexity index is 950. The fraction of sp³-hybridized carbons (Fsp3) is 0.458. The van der Waals surface area contributed by atoms with Crippen LogP contribution in [0.3, 0.4) is 0 Å². The number of likely N-dealkylation sites (tertiary alicyclic amines) is 1. The number of rotatable bonds is 6. The van der Waals surface area contributed by atoms with Gasteiger partial charge in [0.1, 0.15) is 5.82 Å². The molecule has 1 spiro atoms. The molecular formula is C24H30FN3O4. The zero-order chi connectivity index (χ0) is 22.7. The van der Waals surface area contributed by atoms with Gasteiger partial charge in [-0.25, -0.2) is 4.39 Å². The average Bonchev–Trinajstić information content (AvgIpc) is 3.20. The van der Waals surface area contributed by atoms with Gasteiger partial charge in [0.25, 0.3) is 5.91 Å². The number of nitrogens with one attached hydrogen (secondary N) is 1. The standard InChI is InChI=1S/C24H30FN3O4/c1-30-20-14-18(15-21(31-2)22(20)32-3)23(29)27-11-8-24(9-12-27)26-10-13-28(24)16-17-6-4-5-7-19(17)25/h4-7,14-15,26H,8-13,16H2,1-3H3. The largest absolute Gasteiger partial charge is 0.493 e. The highest BCUT2D eigenvalue weighted by Gasteiger charge is 2.43. The number of hydrogen-bond acceptors (Lipinski definition) is 6. The molecule has 32 heavy (non-hydrogen) atoms. The minimum absolute atomic E-state index is 0.0715. The first kappa shape index (κ1) is 22.4. The van der Waals surface area contributed by atoms with Crippen LogP contribution in [-0.4, -0.2) is 68.9 Å². The predicted octanol–water partition coefficient (Wildman–Crippen LogP) is 2.89. The molecule has 0 unspecified atom stereocenters. The maximum Gasteiger partial charge on any atom is 0.254 e. The Morgan fingerprint density at radius 2 is 1.69 bits per heavy atom. The lowest BCUT2D eigenvalue weighted by Crippen LogP contribution is -2.58. The van der Waals surface area contributed by atoms with Gasteiger partial charge in [0.15, 0.2) is 11.5 Å². The summed E-state index contributed by atoms with van der Waals surface area (Å²) < 4.78 is 30.3. The summed E-state index contributed by atoms with van der Waals surface area (Å²) in [5.74, 6) is 1.12. The SMILES string of the molecule is COc1cc(C(=O)N2CCC3(CC2)NCCN3Cc2ccccc2F)cc(OC)c1OC. The van der Waals surface area contributed by atoms with Crippen molar-refractivity contribution in [1.82, 2.24) is 15.1 Å². The normalized spacial score (nSPS) is 18.1. The quantitative estimate of drug-likeness (QED) is 0.741. The Labute approximate surface area is 188 Å². The molecule has 2 aliphatic rings. The van der Waals surface area contributed by atoms with E-state index in [4.69, 9.17) is 14.2 Å². The Hall–Kier alpha value is -2.84. The second-order valence-electron chi connectivity index (χ2n) is 8.18. The molecule has 0 aromatic heterocycles. The summed E-state index contributed by atoms with van der Waals surface area (Å²) in [6, 6.07) is 10.3. The number of nitrogens with zero attached hydrogens (tertiary/aromatic N) is 2. The molecule has 0 radical (unpaired) electrons. The van der Waals surface area contributed by atoms with Gasteiger partial charge in [0, 0.05) is 43.9 Å². The number of benzene rings is 2. The lowest BCUT2D eigenvalue weighted by atomic mass is 9.94. The van der Waals surface area contributed by atoms with Crippen molar-refractivity contribution in [2.75, 3.05) is 47.5 Å². The lowest BCUT2D eigenvalue weighted by molar-refractivity contribution is 0.0284. The third-order valence-electron chi connectivity index (χ3n) is 6.55. The molecule has 4 rings (SSSR count). The van der Waals surface area contributed by atoms with Crippen molar-refractivity contribution < 1.29 is 23.4 Å². The van der Waals surface area contributed by atoms with Gasteiger partial charge in [-0.3, -0.25) is 15.0 Å². The Kier molecular flexibility index (Phi) is 6.53. The van der Waals surface area contributed by atoms with Gasteiger partial charge in [-0.2, -0.15) is 0 Å². The molecule has 1 amide bonds. The van der Waals surface area contributed by atoms with Crippen molar-refractivity contribution >= 4 is 5.91 Å². The second-order valence-corrected chi connectivity index (χ2v) is 8.18. The van der Waals surface area contributed by atoms with E-state index in [2.05, 4.69) is 10.2 Å². The highest BCUT2D eigenvalue weighted by molar-refractivity contribution is 5.95. The van der Waals surface area contributed by atoms with E-state index in [1.54, 1.807) is 18.2 Å². The number of halogens is 1. The van der Waals surface area contributed by atoms with Crippen LogP contribution >= 0.6 is 0 Å². The van der Waals surface area contributed by atoms with Crippen LogP contribution in [0.25, 0.3) is 0 Å². The number of piperidine rings is 1. The fourth-order valence-corrected chi connectivity index (χ4v) is 4.77. The zero-order valence-corrected chi connectivity index (χ0v) is 18.8. The Morgan fingerprint density at radius 1 is 1.03 bits per heavy atom. The molecule has 7 nitrogen and oxygen atoms in total. The van der Waals surface area contributed by atoms with Crippen molar-refractivity contribution in [1.29, 1.82) is 0 Å². The summed E-state index contributed by atoms with van der Waals surface area (Å²) >= 11 is 0. The summed E-state index contributed by atoms with van der Waals surface area (Å²) in [5.41, 5.74) is 0.985. The van der Waals surface area contributed by atoms with Gasteiger partial charge in [-0.1, -0.05) is 18.2 Å². The summed E-state index contributed by atoms with van der Waals surface area (Å²) in [7, 11) is 4.60. The molecule has 0 saturated carbocycles. The average molecular weight is 444 g/mol. The molecule has 8 heteroatoms. The minimum Gasteiger partial charge on any atom is -0.493 e. The van der Waals surface area contributed by atoms with E-state index in [9.17, 15) is 9.18 Å². The van der Waals surface area contributed by atoms with Gasteiger partial charge in [-0.05, 0) is 31.0 Å². The molecular weight excluding hydrogens is 413 g/mol. The molecule has 0 bridgehead atoms. The van der Waals surface area contributed by atoms with Gasteiger partial charge in [-0.15, -0.1) is 0 Å². The molecule has 0 aliphatic carbocycles. The van der Waals surface area contributed by atoms with E-state index in [-0.39, 0.29) is 17.4 Å². The van der Waals surface area contributed by atoms with Crippen LogP contribution in [0.4, 0.5) is 4.39 Å². The van der Waals surface area contributed by atoms with Crippen LogP contribution in [0.1, 0.15) is 28.8 Å². The van der Waals surface area contributed by atoms with E-state index in [1.807, 2.05) is 17.0 Å². The summed E-state index contributed by atoms with van der Waals surface area (Å²) in [6.07, 6.45) is 1.55. The summed E-state index contributed by atoms with van der Waals surface area (Å²) in [6.45, 7) is 3.48.